The molecule has 1 aliphatic heterocycles. The second-order valence-corrected chi connectivity index (χ2v) is 7.68. The molecule has 0 spiro atoms. The van der Waals surface area contributed by atoms with Crippen molar-refractivity contribution in [2.45, 2.75) is 6.04 Å². The van der Waals surface area contributed by atoms with E-state index in [9.17, 15) is 9.59 Å². The molecular formula is C23H21N7O3. The maximum atomic E-state index is 12.7. The van der Waals surface area contributed by atoms with Gasteiger partial charge >= 0.3 is 0 Å². The molecule has 0 bridgehead atoms. The molecule has 1 aliphatic rings. The molecule has 0 fully saturated rings. The third-order valence-corrected chi connectivity index (χ3v) is 5.31. The normalized spacial score (nSPS) is 13.5. The van der Waals surface area contributed by atoms with Crippen LogP contribution in [0, 0.1) is 0 Å². The molecule has 2 aromatic heterocycles. The number of carbonyl (C=O) groups excluding carboxylic acids is 2. The zero-order chi connectivity index (χ0) is 22.9. The van der Waals surface area contributed by atoms with Gasteiger partial charge in [0.05, 0.1) is 23.7 Å². The monoisotopic (exact) mass is 443 g/mol. The lowest BCUT2D eigenvalue weighted by Gasteiger charge is -2.14. The van der Waals surface area contributed by atoms with Crippen molar-refractivity contribution in [2.24, 2.45) is 17.9 Å². The Kier molecular flexibility index (Phi) is 5.11. The number of amides is 2. The molecule has 166 valence electrons. The van der Waals surface area contributed by atoms with E-state index >= 15 is 0 Å². The molecule has 0 unspecified atom stereocenters. The zero-order valence-electron chi connectivity index (χ0n) is 17.7. The molecule has 0 saturated carbocycles. The number of nitrogens with two attached hydrogens (primary N) is 1. The van der Waals surface area contributed by atoms with Gasteiger partial charge in [0, 0.05) is 41.0 Å². The van der Waals surface area contributed by atoms with Gasteiger partial charge in [-0.3, -0.25) is 14.3 Å². The van der Waals surface area contributed by atoms with Crippen LogP contribution >= 0.6 is 0 Å². The van der Waals surface area contributed by atoms with Crippen LogP contribution in [0.5, 0.6) is 5.75 Å². The summed E-state index contributed by atoms with van der Waals surface area (Å²) in [6, 6.07) is 11.6. The van der Waals surface area contributed by atoms with Crippen LogP contribution in [0.4, 0.5) is 5.69 Å². The standard InChI is InChI=1S/C23H21N7O3/c1-30-11-13(9-26-30)21-17-10-25-29-22(31)16-7-14(8-19(28-21)20(16)17)27-23(32)18(24)12-33-15-5-3-2-4-6-15/h2-11,18,28H,12,24H2,1H3,(H,27,32)(H,29,31)/t18-/m1/s1. The maximum Gasteiger partial charge on any atom is 0.272 e. The summed E-state index contributed by atoms with van der Waals surface area (Å²) in [5, 5.41) is 11.7. The lowest BCUT2D eigenvalue weighted by atomic mass is 10.0. The van der Waals surface area contributed by atoms with Crippen molar-refractivity contribution in [1.82, 2.24) is 20.2 Å². The van der Waals surface area contributed by atoms with Crippen LogP contribution in [0.15, 0.2) is 60.0 Å². The number of rotatable bonds is 6. The van der Waals surface area contributed by atoms with Crippen LogP contribution in [0.25, 0.3) is 22.2 Å². The number of ether oxygens (including phenoxy) is 1. The number of H-pyrrole nitrogens is 1. The van der Waals surface area contributed by atoms with Gasteiger partial charge in [0.2, 0.25) is 5.91 Å². The van der Waals surface area contributed by atoms with Crippen LogP contribution in [-0.4, -0.2) is 45.4 Å². The highest BCUT2D eigenvalue weighted by atomic mass is 16.5. The van der Waals surface area contributed by atoms with Gasteiger partial charge < -0.3 is 20.8 Å². The predicted octanol–water partition coefficient (Wildman–Crippen LogP) is 1.99. The molecule has 2 aromatic carbocycles. The van der Waals surface area contributed by atoms with E-state index in [4.69, 9.17) is 10.5 Å². The van der Waals surface area contributed by atoms with Gasteiger partial charge in [0.25, 0.3) is 5.91 Å². The summed E-state index contributed by atoms with van der Waals surface area (Å²) in [6.45, 7) is 0.0110. The van der Waals surface area contributed by atoms with E-state index in [0.717, 1.165) is 16.8 Å². The first kappa shape index (κ1) is 20.5. The molecule has 1 atom stereocenters. The van der Waals surface area contributed by atoms with Gasteiger partial charge in [-0.1, -0.05) is 18.2 Å². The van der Waals surface area contributed by atoms with Crippen LogP contribution in [0.3, 0.4) is 0 Å². The lowest BCUT2D eigenvalue weighted by Crippen LogP contribution is -2.40. The van der Waals surface area contributed by atoms with E-state index in [2.05, 4.69) is 25.9 Å². The number of hydrogen-bond donors (Lipinski definition) is 4. The minimum atomic E-state index is -0.901. The molecule has 0 aliphatic carbocycles. The van der Waals surface area contributed by atoms with Crippen molar-refractivity contribution in [1.29, 1.82) is 0 Å². The van der Waals surface area contributed by atoms with Crippen molar-refractivity contribution in [2.75, 3.05) is 11.9 Å². The van der Waals surface area contributed by atoms with E-state index in [1.54, 1.807) is 41.4 Å². The number of hydrazone groups is 1. The molecule has 10 nitrogen and oxygen atoms in total. The molecule has 5 N–H and O–H groups in total. The molecule has 5 rings (SSSR count). The van der Waals surface area contributed by atoms with Crippen LogP contribution in [0.2, 0.25) is 0 Å². The van der Waals surface area contributed by atoms with Gasteiger partial charge in [0.15, 0.2) is 0 Å². The number of benzene rings is 2. The number of para-hydroxylation sites is 1. The second kappa shape index (κ2) is 8.24. The summed E-state index contributed by atoms with van der Waals surface area (Å²) in [5.41, 5.74) is 12.4. The smallest absolute Gasteiger partial charge is 0.272 e. The van der Waals surface area contributed by atoms with Crippen LogP contribution in [0.1, 0.15) is 15.9 Å². The number of nitrogens with zero attached hydrogens (tertiary/aromatic N) is 3. The second-order valence-electron chi connectivity index (χ2n) is 7.68. The molecule has 4 aromatic rings. The van der Waals surface area contributed by atoms with Gasteiger partial charge in [0.1, 0.15) is 18.4 Å². The maximum absolute atomic E-state index is 12.7. The van der Waals surface area contributed by atoms with Crippen molar-refractivity contribution in [3.8, 4) is 17.0 Å². The summed E-state index contributed by atoms with van der Waals surface area (Å²) < 4.78 is 7.26. The fourth-order valence-corrected chi connectivity index (χ4v) is 3.75. The van der Waals surface area contributed by atoms with Crippen molar-refractivity contribution in [3.05, 3.63) is 66.0 Å². The van der Waals surface area contributed by atoms with E-state index in [1.807, 2.05) is 31.4 Å². The number of carbonyl (C=O) groups is 2. The Balaban J connectivity index is 1.44. The first-order valence-corrected chi connectivity index (χ1v) is 10.3. The minimum Gasteiger partial charge on any atom is -0.491 e. The third kappa shape index (κ3) is 3.94. The highest BCUT2D eigenvalue weighted by molar-refractivity contribution is 6.18. The molecule has 3 heterocycles. The van der Waals surface area contributed by atoms with E-state index < -0.39 is 11.9 Å². The van der Waals surface area contributed by atoms with Crippen molar-refractivity contribution >= 4 is 34.6 Å². The van der Waals surface area contributed by atoms with Crippen LogP contribution in [-0.2, 0) is 11.8 Å². The Hall–Kier alpha value is -4.44. The number of nitrogens with one attached hydrogen (secondary N) is 3. The first-order chi connectivity index (χ1) is 16.0. The van der Waals surface area contributed by atoms with Gasteiger partial charge in [-0.25, -0.2) is 5.43 Å². The number of anilines is 1. The highest BCUT2D eigenvalue weighted by Gasteiger charge is 2.23. The fraction of sp³-hybridized carbons (Fsp3) is 0.130. The average Bonchev–Trinajstić information content (AvgIpc) is 3.36. The molecule has 33 heavy (non-hydrogen) atoms. The minimum absolute atomic E-state index is 0.0110. The predicted molar refractivity (Wildman–Crippen MR) is 124 cm³/mol. The molecule has 2 amide bonds. The van der Waals surface area contributed by atoms with Gasteiger partial charge in [-0.05, 0) is 24.3 Å². The number of aromatic nitrogens is 3. The van der Waals surface area contributed by atoms with E-state index in [1.165, 1.54) is 0 Å². The first-order valence-electron chi connectivity index (χ1n) is 10.3. The van der Waals surface area contributed by atoms with Gasteiger partial charge in [-0.2, -0.15) is 10.2 Å². The zero-order valence-corrected chi connectivity index (χ0v) is 17.7. The third-order valence-electron chi connectivity index (χ3n) is 5.31. The number of aromatic amines is 1. The molecule has 0 saturated heterocycles. The average molecular weight is 443 g/mol. The fourth-order valence-electron chi connectivity index (χ4n) is 3.75. The van der Waals surface area contributed by atoms with Gasteiger partial charge in [-0.15, -0.1) is 0 Å². The summed E-state index contributed by atoms with van der Waals surface area (Å²) >= 11 is 0. The summed E-state index contributed by atoms with van der Waals surface area (Å²) in [7, 11) is 1.83. The molecule has 0 radical (unpaired) electrons. The Labute approximate surface area is 188 Å². The summed E-state index contributed by atoms with van der Waals surface area (Å²) in [5.74, 6) is -0.178. The van der Waals surface area contributed by atoms with Crippen molar-refractivity contribution < 1.29 is 14.3 Å². The van der Waals surface area contributed by atoms with Crippen molar-refractivity contribution in [3.63, 3.8) is 0 Å². The lowest BCUT2D eigenvalue weighted by molar-refractivity contribution is -0.118. The molecular weight excluding hydrogens is 422 g/mol. The largest absolute Gasteiger partial charge is 0.491 e. The topological polar surface area (TPSA) is 139 Å². The number of hydrogen-bond acceptors (Lipinski definition) is 6. The Bertz CT molecular complexity index is 1390. The summed E-state index contributed by atoms with van der Waals surface area (Å²) in [4.78, 5) is 28.7. The Morgan fingerprint density at radius 3 is 2.85 bits per heavy atom. The molecule has 10 heteroatoms. The van der Waals surface area contributed by atoms with E-state index in [-0.39, 0.29) is 12.5 Å². The van der Waals surface area contributed by atoms with E-state index in [0.29, 0.717) is 27.9 Å². The number of aryl methyl sites for hydroxylation is 1. The Morgan fingerprint density at radius 2 is 2.09 bits per heavy atom. The summed E-state index contributed by atoms with van der Waals surface area (Å²) in [6.07, 6.45) is 5.19. The van der Waals surface area contributed by atoms with Crippen LogP contribution < -0.4 is 21.2 Å². The Morgan fingerprint density at radius 1 is 1.27 bits per heavy atom. The SMILES string of the molecule is Cn1cc(-c2[nH]c3cc(NC(=O)[C@H](N)COc4ccccc4)cc4c3c2C=NNC4=O)cn1. The quantitative estimate of drug-likeness (QED) is 0.361. The highest BCUT2D eigenvalue weighted by Crippen LogP contribution is 2.34.